The standard InChI is InChI=1S/C22H37N3O5Si/c1-22(2,3)31(4,5)30-18(19(23)20(26)27)15-24-11-13-25(14-12-24)21(28)29-16-17-9-7-6-8-10-17/h6-10,18-19H,11-16,23H2,1-5H3,(H,26,27). The molecule has 1 amide bonds. The van der Waals surface area contributed by atoms with Crippen molar-refractivity contribution in [3.63, 3.8) is 0 Å². The maximum atomic E-state index is 12.4. The van der Waals surface area contributed by atoms with E-state index in [0.717, 1.165) is 5.56 Å². The van der Waals surface area contributed by atoms with E-state index >= 15 is 0 Å². The van der Waals surface area contributed by atoms with E-state index in [4.69, 9.17) is 14.9 Å². The van der Waals surface area contributed by atoms with E-state index in [-0.39, 0.29) is 17.7 Å². The maximum Gasteiger partial charge on any atom is 0.410 e. The monoisotopic (exact) mass is 451 g/mol. The number of carbonyl (C=O) groups excluding carboxylic acids is 1. The van der Waals surface area contributed by atoms with Gasteiger partial charge in [0.15, 0.2) is 8.32 Å². The second-order valence-electron chi connectivity index (χ2n) is 9.61. The van der Waals surface area contributed by atoms with Crippen molar-refractivity contribution in [1.82, 2.24) is 9.80 Å². The van der Waals surface area contributed by atoms with Gasteiger partial charge >= 0.3 is 12.1 Å². The molecule has 3 N–H and O–H groups in total. The number of nitrogens with two attached hydrogens (primary N) is 1. The van der Waals surface area contributed by atoms with Gasteiger partial charge in [-0.1, -0.05) is 51.1 Å². The summed E-state index contributed by atoms with van der Waals surface area (Å²) in [6.07, 6.45) is -0.935. The second-order valence-corrected chi connectivity index (χ2v) is 14.4. The lowest BCUT2D eigenvalue weighted by Gasteiger charge is -2.42. The smallest absolute Gasteiger partial charge is 0.410 e. The molecule has 0 aromatic heterocycles. The minimum absolute atomic E-state index is 0.0509. The van der Waals surface area contributed by atoms with Gasteiger partial charge in [-0.15, -0.1) is 0 Å². The topological polar surface area (TPSA) is 105 Å². The molecule has 0 saturated carbocycles. The molecule has 0 bridgehead atoms. The third-order valence-corrected chi connectivity index (χ3v) is 10.7. The van der Waals surface area contributed by atoms with Crippen molar-refractivity contribution in [2.75, 3.05) is 32.7 Å². The molecular weight excluding hydrogens is 414 g/mol. The molecule has 1 aliphatic heterocycles. The Kier molecular flexibility index (Phi) is 8.64. The molecule has 2 atom stereocenters. The summed E-state index contributed by atoms with van der Waals surface area (Å²) < 4.78 is 11.8. The fourth-order valence-corrected chi connectivity index (χ4v) is 4.45. The number of carbonyl (C=O) groups is 2. The molecular formula is C22H37N3O5Si. The van der Waals surface area contributed by atoms with E-state index in [2.05, 4.69) is 38.8 Å². The van der Waals surface area contributed by atoms with Crippen molar-refractivity contribution in [3.05, 3.63) is 35.9 Å². The van der Waals surface area contributed by atoms with E-state index < -0.39 is 26.4 Å². The Morgan fingerprint density at radius 3 is 2.23 bits per heavy atom. The lowest BCUT2D eigenvalue weighted by molar-refractivity contribution is -0.141. The molecule has 8 nitrogen and oxygen atoms in total. The van der Waals surface area contributed by atoms with Crippen LogP contribution in [0.15, 0.2) is 30.3 Å². The molecule has 1 fully saturated rings. The highest BCUT2D eigenvalue weighted by molar-refractivity contribution is 6.74. The van der Waals surface area contributed by atoms with Crippen LogP contribution in [0.3, 0.4) is 0 Å². The summed E-state index contributed by atoms with van der Waals surface area (Å²) in [5, 5.41) is 9.42. The molecule has 2 rings (SSSR count). The van der Waals surface area contributed by atoms with E-state index in [1.807, 2.05) is 30.3 Å². The molecule has 1 heterocycles. The van der Waals surface area contributed by atoms with Crippen LogP contribution in [0.4, 0.5) is 4.79 Å². The molecule has 1 aromatic carbocycles. The summed E-state index contributed by atoms with van der Waals surface area (Å²) in [7, 11) is -2.19. The summed E-state index contributed by atoms with van der Waals surface area (Å²) in [5.74, 6) is -1.06. The number of aliphatic carboxylic acids is 1. The van der Waals surface area contributed by atoms with E-state index in [1.54, 1.807) is 4.90 Å². The van der Waals surface area contributed by atoms with Crippen molar-refractivity contribution < 1.29 is 23.9 Å². The fourth-order valence-electron chi connectivity index (χ4n) is 3.12. The Morgan fingerprint density at radius 2 is 1.71 bits per heavy atom. The number of amides is 1. The SMILES string of the molecule is CC(C)(C)[Si](C)(C)OC(CN1CCN(C(=O)OCc2ccccc2)CC1)C(N)C(=O)O. The third-order valence-electron chi connectivity index (χ3n) is 6.21. The van der Waals surface area contributed by atoms with Crippen LogP contribution in [0.1, 0.15) is 26.3 Å². The summed E-state index contributed by atoms with van der Waals surface area (Å²) in [4.78, 5) is 27.7. The first-order chi connectivity index (χ1) is 14.4. The highest BCUT2D eigenvalue weighted by Gasteiger charge is 2.42. The molecule has 0 aliphatic carbocycles. The molecule has 174 valence electrons. The van der Waals surface area contributed by atoms with Gasteiger partial charge in [0.05, 0.1) is 6.10 Å². The van der Waals surface area contributed by atoms with Crippen molar-refractivity contribution in [3.8, 4) is 0 Å². The molecule has 1 aromatic rings. The van der Waals surface area contributed by atoms with Gasteiger partial charge in [-0.2, -0.15) is 0 Å². The van der Waals surface area contributed by atoms with Gasteiger partial charge in [0.1, 0.15) is 12.6 Å². The van der Waals surface area contributed by atoms with Gasteiger partial charge in [0.25, 0.3) is 0 Å². The molecule has 1 aliphatic rings. The van der Waals surface area contributed by atoms with Crippen molar-refractivity contribution >= 4 is 20.4 Å². The van der Waals surface area contributed by atoms with Crippen molar-refractivity contribution in [1.29, 1.82) is 0 Å². The number of benzene rings is 1. The van der Waals surface area contributed by atoms with Gasteiger partial charge in [0, 0.05) is 32.7 Å². The van der Waals surface area contributed by atoms with Gasteiger partial charge in [0.2, 0.25) is 0 Å². The number of carboxylic acids is 1. The van der Waals surface area contributed by atoms with Crippen LogP contribution in [0.5, 0.6) is 0 Å². The minimum Gasteiger partial charge on any atom is -0.480 e. The largest absolute Gasteiger partial charge is 0.480 e. The van der Waals surface area contributed by atoms with E-state index in [9.17, 15) is 14.7 Å². The Balaban J connectivity index is 1.90. The van der Waals surface area contributed by atoms with Crippen LogP contribution < -0.4 is 5.73 Å². The summed E-state index contributed by atoms with van der Waals surface area (Å²) in [6, 6.07) is 8.47. The van der Waals surface area contributed by atoms with E-state index in [0.29, 0.717) is 32.7 Å². The lowest BCUT2D eigenvalue weighted by Crippen LogP contribution is -2.58. The number of carboxylic acid groups (broad SMARTS) is 1. The number of hydrogen-bond donors (Lipinski definition) is 2. The second kappa shape index (κ2) is 10.6. The van der Waals surface area contributed by atoms with Gasteiger partial charge < -0.3 is 24.9 Å². The van der Waals surface area contributed by atoms with Crippen LogP contribution in [-0.2, 0) is 20.6 Å². The molecule has 9 heteroatoms. The van der Waals surface area contributed by atoms with Crippen molar-refractivity contribution in [2.45, 2.75) is 57.7 Å². The Bertz CT molecular complexity index is 730. The van der Waals surface area contributed by atoms with Gasteiger partial charge in [-0.05, 0) is 23.7 Å². The van der Waals surface area contributed by atoms with Crippen LogP contribution in [0.2, 0.25) is 18.1 Å². The lowest BCUT2D eigenvalue weighted by atomic mass is 10.1. The van der Waals surface area contributed by atoms with Crippen LogP contribution >= 0.6 is 0 Å². The summed E-state index contributed by atoms with van der Waals surface area (Å²) in [5.41, 5.74) is 6.93. The number of rotatable bonds is 8. The first-order valence-electron chi connectivity index (χ1n) is 10.7. The highest BCUT2D eigenvalue weighted by Crippen LogP contribution is 2.37. The number of ether oxygens (including phenoxy) is 1. The Morgan fingerprint density at radius 1 is 1.13 bits per heavy atom. The zero-order chi connectivity index (χ0) is 23.2. The Hall–Kier alpha value is -1.94. The highest BCUT2D eigenvalue weighted by atomic mass is 28.4. The molecule has 0 spiro atoms. The van der Waals surface area contributed by atoms with Crippen LogP contribution in [0, 0.1) is 0 Å². The first kappa shape index (κ1) is 25.3. The van der Waals surface area contributed by atoms with E-state index in [1.165, 1.54) is 0 Å². The quantitative estimate of drug-likeness (QED) is 0.586. The number of piperazine rings is 1. The normalized spacial score (nSPS) is 17.8. The number of nitrogens with zero attached hydrogens (tertiary/aromatic N) is 2. The maximum absolute atomic E-state index is 12.4. The number of hydrogen-bond acceptors (Lipinski definition) is 6. The van der Waals surface area contributed by atoms with Crippen LogP contribution in [0.25, 0.3) is 0 Å². The summed E-state index contributed by atoms with van der Waals surface area (Å²) in [6.45, 7) is 13.5. The van der Waals surface area contributed by atoms with Gasteiger partial charge in [-0.3, -0.25) is 9.69 Å². The van der Waals surface area contributed by atoms with Gasteiger partial charge in [-0.25, -0.2) is 4.79 Å². The zero-order valence-corrected chi connectivity index (χ0v) is 20.3. The predicted octanol–water partition coefficient (Wildman–Crippen LogP) is 2.74. The zero-order valence-electron chi connectivity index (χ0n) is 19.3. The average molecular weight is 452 g/mol. The molecule has 31 heavy (non-hydrogen) atoms. The first-order valence-corrected chi connectivity index (χ1v) is 13.7. The molecule has 2 unspecified atom stereocenters. The fraction of sp³-hybridized carbons (Fsp3) is 0.636. The Labute approximate surface area is 186 Å². The minimum atomic E-state index is -2.19. The predicted molar refractivity (Wildman–Crippen MR) is 122 cm³/mol. The molecule has 0 radical (unpaired) electrons. The third kappa shape index (κ3) is 7.31. The summed E-state index contributed by atoms with van der Waals surface area (Å²) >= 11 is 0. The molecule has 1 saturated heterocycles. The average Bonchev–Trinajstić information content (AvgIpc) is 2.71. The van der Waals surface area contributed by atoms with Crippen molar-refractivity contribution in [2.24, 2.45) is 5.73 Å². The van der Waals surface area contributed by atoms with Crippen LogP contribution in [-0.4, -0.2) is 80.2 Å².